The van der Waals surface area contributed by atoms with E-state index in [1.165, 1.54) is 0 Å². The Morgan fingerprint density at radius 3 is 2.56 bits per heavy atom. The largest absolute Gasteiger partial charge is 0.481 e. The number of benzene rings is 1. The smallest absolute Gasteiger partial charge is 0.168 e. The van der Waals surface area contributed by atoms with E-state index >= 15 is 0 Å². The molecule has 0 saturated heterocycles. The first-order valence-corrected chi connectivity index (χ1v) is 5.93. The average Bonchev–Trinajstić information content (AvgIpc) is 2.92. The van der Waals surface area contributed by atoms with Gasteiger partial charge in [-0.1, -0.05) is 12.1 Å². The average molecular weight is 247 g/mol. The highest BCUT2D eigenvalue weighted by Crippen LogP contribution is 2.22. The van der Waals surface area contributed by atoms with Crippen LogP contribution in [0.5, 0.6) is 5.75 Å². The van der Waals surface area contributed by atoms with Crippen LogP contribution < -0.4 is 10.5 Å². The summed E-state index contributed by atoms with van der Waals surface area (Å²) in [5.74, 6) is 1.46. The monoisotopic (exact) mass is 247 g/mol. The lowest BCUT2D eigenvalue weighted by molar-refractivity contribution is 0.184. The third kappa shape index (κ3) is 3.12. The highest BCUT2D eigenvalue weighted by molar-refractivity contribution is 5.28. The van der Waals surface area contributed by atoms with E-state index in [0.29, 0.717) is 13.0 Å². The van der Waals surface area contributed by atoms with Crippen LogP contribution in [0.2, 0.25) is 0 Å². The molecule has 2 rings (SSSR count). The summed E-state index contributed by atoms with van der Waals surface area (Å²) in [6.45, 7) is 0.504. The Hall–Kier alpha value is -1.78. The molecule has 0 radical (unpaired) electrons. The van der Waals surface area contributed by atoms with Gasteiger partial charge in [-0.15, -0.1) is 0 Å². The molecule has 1 aromatic heterocycles. The fourth-order valence-electron chi connectivity index (χ4n) is 1.72. The molecule has 18 heavy (non-hydrogen) atoms. The van der Waals surface area contributed by atoms with E-state index in [0.717, 1.165) is 17.1 Å². The molecule has 0 aliphatic carbocycles. The van der Waals surface area contributed by atoms with Crippen LogP contribution in [0.4, 0.5) is 0 Å². The molecule has 0 saturated carbocycles. The number of rotatable bonds is 6. The summed E-state index contributed by atoms with van der Waals surface area (Å²) in [6, 6.07) is 11.3. The van der Waals surface area contributed by atoms with Crippen LogP contribution in [0.1, 0.15) is 17.4 Å². The van der Waals surface area contributed by atoms with Gasteiger partial charge in [0.2, 0.25) is 0 Å². The van der Waals surface area contributed by atoms with Gasteiger partial charge in [0, 0.05) is 13.2 Å². The molecule has 3 N–H and O–H groups in total. The molecule has 4 heteroatoms. The van der Waals surface area contributed by atoms with E-state index in [1.807, 2.05) is 36.4 Å². The van der Waals surface area contributed by atoms with Gasteiger partial charge >= 0.3 is 0 Å². The van der Waals surface area contributed by atoms with Crippen molar-refractivity contribution in [3.8, 4) is 5.75 Å². The van der Waals surface area contributed by atoms with Gasteiger partial charge in [0.25, 0.3) is 0 Å². The fourth-order valence-corrected chi connectivity index (χ4v) is 1.72. The first kappa shape index (κ1) is 12.7. The zero-order chi connectivity index (χ0) is 12.8. The van der Waals surface area contributed by atoms with E-state index in [4.69, 9.17) is 20.0 Å². The molecule has 1 atom stereocenters. The minimum Gasteiger partial charge on any atom is -0.481 e. The Bertz CT molecular complexity index is 450. The second kappa shape index (κ2) is 6.23. The topological polar surface area (TPSA) is 68.6 Å². The van der Waals surface area contributed by atoms with Crippen LogP contribution in [0.3, 0.4) is 0 Å². The number of nitrogens with two attached hydrogens (primary N) is 1. The minimum absolute atomic E-state index is 0.151. The molecule has 0 fully saturated rings. The lowest BCUT2D eigenvalue weighted by Crippen LogP contribution is -2.17. The molecule has 0 aliphatic heterocycles. The zero-order valence-electron chi connectivity index (χ0n) is 10.1. The van der Waals surface area contributed by atoms with Gasteiger partial charge in [-0.2, -0.15) is 0 Å². The summed E-state index contributed by atoms with van der Waals surface area (Å²) in [5.41, 5.74) is 6.75. The van der Waals surface area contributed by atoms with Crippen molar-refractivity contribution in [3.05, 3.63) is 54.0 Å². The molecule has 0 bridgehead atoms. The van der Waals surface area contributed by atoms with Crippen LogP contribution in [0.15, 0.2) is 47.1 Å². The molecule has 4 nitrogen and oxygen atoms in total. The summed E-state index contributed by atoms with van der Waals surface area (Å²) >= 11 is 0. The number of furan rings is 1. The molecule has 2 aromatic rings. The normalized spacial score (nSPS) is 12.3. The third-order valence-electron chi connectivity index (χ3n) is 2.68. The summed E-state index contributed by atoms with van der Waals surface area (Å²) in [4.78, 5) is 0. The fraction of sp³-hybridized carbons (Fsp3) is 0.286. The van der Waals surface area contributed by atoms with Crippen molar-refractivity contribution in [2.75, 3.05) is 13.2 Å². The quantitative estimate of drug-likeness (QED) is 0.818. The molecular weight excluding hydrogens is 230 g/mol. The van der Waals surface area contributed by atoms with Crippen molar-refractivity contribution in [3.63, 3.8) is 0 Å². The molecule has 0 amide bonds. The van der Waals surface area contributed by atoms with Crippen LogP contribution in [-0.4, -0.2) is 18.3 Å². The molecule has 0 aliphatic rings. The van der Waals surface area contributed by atoms with Crippen LogP contribution in [0.25, 0.3) is 0 Å². The maximum atomic E-state index is 8.84. The van der Waals surface area contributed by atoms with Gasteiger partial charge < -0.3 is 20.0 Å². The highest BCUT2D eigenvalue weighted by Gasteiger charge is 2.14. The minimum atomic E-state index is -0.274. The van der Waals surface area contributed by atoms with Gasteiger partial charge in [0.15, 0.2) is 6.10 Å². The van der Waals surface area contributed by atoms with Crippen LogP contribution in [-0.2, 0) is 6.42 Å². The van der Waals surface area contributed by atoms with Crippen molar-refractivity contribution < 1.29 is 14.3 Å². The van der Waals surface area contributed by atoms with Gasteiger partial charge in [-0.25, -0.2) is 0 Å². The summed E-state index contributed by atoms with van der Waals surface area (Å²) in [5, 5.41) is 8.84. The molecule has 96 valence electrons. The first-order valence-electron chi connectivity index (χ1n) is 5.93. The molecule has 1 aromatic carbocycles. The van der Waals surface area contributed by atoms with E-state index in [2.05, 4.69) is 0 Å². The zero-order valence-corrected chi connectivity index (χ0v) is 10.1. The van der Waals surface area contributed by atoms with Gasteiger partial charge in [-0.05, 0) is 36.2 Å². The second-order valence-corrected chi connectivity index (χ2v) is 3.98. The Balaban J connectivity index is 2.03. The first-order chi connectivity index (χ1) is 8.83. The molecule has 1 unspecified atom stereocenters. The second-order valence-electron chi connectivity index (χ2n) is 3.98. The number of aliphatic hydroxyl groups is 1. The highest BCUT2D eigenvalue weighted by atomic mass is 16.5. The lowest BCUT2D eigenvalue weighted by atomic mass is 10.1. The molecule has 1 heterocycles. The molecule has 0 spiro atoms. The molecular formula is C14H17NO3. The van der Waals surface area contributed by atoms with Gasteiger partial charge in [-0.3, -0.25) is 0 Å². The maximum Gasteiger partial charge on any atom is 0.168 e. The maximum absolute atomic E-state index is 8.84. The summed E-state index contributed by atoms with van der Waals surface area (Å²) in [6.07, 6.45) is 1.98. The van der Waals surface area contributed by atoms with Gasteiger partial charge in [0.05, 0.1) is 6.26 Å². The van der Waals surface area contributed by atoms with Crippen molar-refractivity contribution >= 4 is 0 Å². The van der Waals surface area contributed by atoms with Crippen LogP contribution in [0, 0.1) is 0 Å². The third-order valence-corrected chi connectivity index (χ3v) is 2.68. The Labute approximate surface area is 106 Å². The van der Waals surface area contributed by atoms with Crippen LogP contribution >= 0.6 is 0 Å². The van der Waals surface area contributed by atoms with E-state index in [-0.39, 0.29) is 12.7 Å². The van der Waals surface area contributed by atoms with Crippen molar-refractivity contribution in [1.29, 1.82) is 0 Å². The van der Waals surface area contributed by atoms with Crippen molar-refractivity contribution in [2.24, 2.45) is 5.73 Å². The van der Waals surface area contributed by atoms with E-state index in [9.17, 15) is 0 Å². The van der Waals surface area contributed by atoms with E-state index < -0.39 is 0 Å². The predicted octanol–water partition coefficient (Wildman–Crippen LogP) is 1.89. The number of hydrogen-bond acceptors (Lipinski definition) is 4. The predicted molar refractivity (Wildman–Crippen MR) is 68.4 cm³/mol. The summed E-state index contributed by atoms with van der Waals surface area (Å²) < 4.78 is 11.0. The SMILES string of the molecule is NCC(Oc1ccc(CCO)cc1)c1ccco1. The summed E-state index contributed by atoms with van der Waals surface area (Å²) in [7, 11) is 0. The number of aliphatic hydroxyl groups excluding tert-OH is 1. The van der Waals surface area contributed by atoms with Crippen molar-refractivity contribution in [1.82, 2.24) is 0 Å². The lowest BCUT2D eigenvalue weighted by Gasteiger charge is -2.15. The Morgan fingerprint density at radius 1 is 1.22 bits per heavy atom. The Kier molecular flexibility index (Phi) is 4.39. The van der Waals surface area contributed by atoms with Crippen molar-refractivity contribution in [2.45, 2.75) is 12.5 Å². The number of hydrogen-bond donors (Lipinski definition) is 2. The number of ether oxygens (including phenoxy) is 1. The van der Waals surface area contributed by atoms with E-state index in [1.54, 1.807) is 6.26 Å². The standard InChI is InChI=1S/C14H17NO3/c15-10-14(13-2-1-9-17-13)18-12-5-3-11(4-6-12)7-8-16/h1-6,9,14,16H,7-8,10,15H2. The Morgan fingerprint density at radius 2 is 2.00 bits per heavy atom. The van der Waals surface area contributed by atoms with Gasteiger partial charge in [0.1, 0.15) is 11.5 Å².